The van der Waals surface area contributed by atoms with Gasteiger partial charge in [-0.05, 0) is 37.0 Å². The first-order valence-electron chi connectivity index (χ1n) is 10.1. The van der Waals surface area contributed by atoms with Gasteiger partial charge in [0.25, 0.3) is 0 Å². The van der Waals surface area contributed by atoms with Crippen LogP contribution in [0.15, 0.2) is 30.5 Å². The van der Waals surface area contributed by atoms with Crippen LogP contribution in [0.2, 0.25) is 0 Å². The first-order valence-corrected chi connectivity index (χ1v) is 11.5. The standard InChI is InChI=1S/C21H29N5O5S/c1-12(24-18(27)10-22)19(28)26-17(20(29)25-16(21(30)31)7-8-32-2)9-13-11-23-15-6-4-3-5-14(13)15/h3-6,11-12,16-17,23H,7-10,22H2,1-2H3,(H,24,27)(H,25,29)(H,26,28)(H,30,31). The second kappa shape index (κ2) is 12.1. The molecule has 10 nitrogen and oxygen atoms in total. The Bertz CT molecular complexity index is 963. The molecule has 0 saturated carbocycles. The van der Waals surface area contributed by atoms with Crippen molar-refractivity contribution in [1.82, 2.24) is 20.9 Å². The van der Waals surface area contributed by atoms with Crippen LogP contribution >= 0.6 is 11.8 Å². The number of nitrogens with one attached hydrogen (secondary N) is 4. The minimum atomic E-state index is -1.15. The molecule has 3 atom stereocenters. The number of para-hydroxylation sites is 1. The van der Waals surface area contributed by atoms with E-state index in [4.69, 9.17) is 5.73 Å². The summed E-state index contributed by atoms with van der Waals surface area (Å²) in [5.41, 5.74) is 6.93. The Balaban J connectivity index is 2.22. The third kappa shape index (κ3) is 6.99. The quantitative estimate of drug-likeness (QED) is 0.257. The van der Waals surface area contributed by atoms with E-state index < -0.39 is 41.8 Å². The van der Waals surface area contributed by atoms with Gasteiger partial charge in [0.2, 0.25) is 17.7 Å². The van der Waals surface area contributed by atoms with Gasteiger partial charge >= 0.3 is 5.97 Å². The molecule has 0 aliphatic carbocycles. The maximum absolute atomic E-state index is 13.0. The Kier molecular flexibility index (Phi) is 9.54. The fourth-order valence-corrected chi connectivity index (χ4v) is 3.63. The van der Waals surface area contributed by atoms with Crippen LogP contribution in [0.5, 0.6) is 0 Å². The number of carbonyl (C=O) groups excluding carboxylic acids is 3. The van der Waals surface area contributed by atoms with Crippen molar-refractivity contribution in [2.24, 2.45) is 5.73 Å². The van der Waals surface area contributed by atoms with E-state index in [-0.39, 0.29) is 19.4 Å². The molecule has 174 valence electrons. The molecule has 1 aromatic carbocycles. The summed E-state index contributed by atoms with van der Waals surface area (Å²) in [5.74, 6) is -2.29. The molecule has 32 heavy (non-hydrogen) atoms. The number of carboxylic acids is 1. The molecule has 0 bridgehead atoms. The van der Waals surface area contributed by atoms with Gasteiger partial charge in [-0.2, -0.15) is 11.8 Å². The highest BCUT2D eigenvalue weighted by Crippen LogP contribution is 2.19. The molecule has 3 unspecified atom stereocenters. The summed E-state index contributed by atoms with van der Waals surface area (Å²) in [4.78, 5) is 51.8. The van der Waals surface area contributed by atoms with Crippen molar-refractivity contribution >= 4 is 46.4 Å². The Labute approximate surface area is 190 Å². The van der Waals surface area contributed by atoms with E-state index in [1.54, 1.807) is 6.20 Å². The normalized spacial score (nSPS) is 13.7. The molecule has 0 spiro atoms. The van der Waals surface area contributed by atoms with Crippen LogP contribution in [0.1, 0.15) is 18.9 Å². The predicted octanol–water partition coefficient (Wildman–Crippen LogP) is -0.0189. The van der Waals surface area contributed by atoms with E-state index >= 15 is 0 Å². The fourth-order valence-electron chi connectivity index (χ4n) is 3.16. The van der Waals surface area contributed by atoms with Crippen molar-refractivity contribution in [3.8, 4) is 0 Å². The van der Waals surface area contributed by atoms with E-state index in [0.717, 1.165) is 16.5 Å². The number of hydrogen-bond acceptors (Lipinski definition) is 6. The van der Waals surface area contributed by atoms with Crippen LogP contribution in [0.4, 0.5) is 0 Å². The highest BCUT2D eigenvalue weighted by atomic mass is 32.2. The molecule has 7 N–H and O–H groups in total. The first-order chi connectivity index (χ1) is 15.3. The molecule has 0 aliphatic rings. The van der Waals surface area contributed by atoms with Crippen LogP contribution in [0.3, 0.4) is 0 Å². The number of aromatic amines is 1. The van der Waals surface area contributed by atoms with Gasteiger partial charge in [0.1, 0.15) is 18.1 Å². The minimum Gasteiger partial charge on any atom is -0.480 e. The van der Waals surface area contributed by atoms with Crippen molar-refractivity contribution in [3.63, 3.8) is 0 Å². The number of aromatic nitrogens is 1. The summed E-state index contributed by atoms with van der Waals surface area (Å²) < 4.78 is 0. The van der Waals surface area contributed by atoms with Crippen LogP contribution in [-0.4, -0.2) is 70.5 Å². The summed E-state index contributed by atoms with van der Waals surface area (Å²) in [6.45, 7) is 1.20. The molecule has 0 saturated heterocycles. The Hall–Kier alpha value is -3.05. The number of rotatable bonds is 12. The van der Waals surface area contributed by atoms with Gasteiger partial charge < -0.3 is 31.8 Å². The number of benzene rings is 1. The van der Waals surface area contributed by atoms with E-state index in [1.807, 2.05) is 30.5 Å². The SMILES string of the molecule is CSCCC(NC(=O)C(Cc1c[nH]c2ccccc12)NC(=O)C(C)NC(=O)CN)C(=O)O. The molecule has 2 aromatic rings. The average molecular weight is 464 g/mol. The van der Waals surface area contributed by atoms with Crippen LogP contribution < -0.4 is 21.7 Å². The molecule has 1 aromatic heterocycles. The lowest BCUT2D eigenvalue weighted by Gasteiger charge is -2.23. The molecule has 2 rings (SSSR count). The second-order valence-electron chi connectivity index (χ2n) is 7.30. The summed E-state index contributed by atoms with van der Waals surface area (Å²) in [6.07, 6.45) is 3.98. The topological polar surface area (TPSA) is 166 Å². The number of aliphatic carboxylic acids is 1. The van der Waals surface area contributed by atoms with Crippen LogP contribution in [0, 0.1) is 0 Å². The highest BCUT2D eigenvalue weighted by molar-refractivity contribution is 7.98. The van der Waals surface area contributed by atoms with Crippen LogP contribution in [0.25, 0.3) is 10.9 Å². The van der Waals surface area contributed by atoms with Crippen molar-refractivity contribution in [3.05, 3.63) is 36.0 Å². The number of carbonyl (C=O) groups is 4. The highest BCUT2D eigenvalue weighted by Gasteiger charge is 2.28. The molecule has 1 heterocycles. The molecular formula is C21H29N5O5S. The minimum absolute atomic E-state index is 0.133. The summed E-state index contributed by atoms with van der Waals surface area (Å²) in [7, 11) is 0. The smallest absolute Gasteiger partial charge is 0.326 e. The fraction of sp³-hybridized carbons (Fsp3) is 0.429. The Morgan fingerprint density at radius 2 is 1.78 bits per heavy atom. The van der Waals surface area contributed by atoms with Crippen molar-refractivity contribution in [1.29, 1.82) is 0 Å². The second-order valence-corrected chi connectivity index (χ2v) is 8.28. The summed E-state index contributed by atoms with van der Waals surface area (Å²) >= 11 is 1.47. The molecule has 3 amide bonds. The third-order valence-corrected chi connectivity index (χ3v) is 5.56. The van der Waals surface area contributed by atoms with Crippen LogP contribution in [-0.2, 0) is 25.6 Å². The molecule has 0 radical (unpaired) electrons. The molecule has 0 fully saturated rings. The van der Waals surface area contributed by atoms with Gasteiger partial charge in [0.05, 0.1) is 6.54 Å². The van der Waals surface area contributed by atoms with Gasteiger partial charge in [-0.15, -0.1) is 0 Å². The average Bonchev–Trinajstić information content (AvgIpc) is 3.18. The number of hydrogen-bond donors (Lipinski definition) is 6. The maximum Gasteiger partial charge on any atom is 0.326 e. The van der Waals surface area contributed by atoms with Crippen molar-refractivity contribution in [2.45, 2.75) is 37.9 Å². The monoisotopic (exact) mass is 463 g/mol. The zero-order valence-electron chi connectivity index (χ0n) is 18.0. The van der Waals surface area contributed by atoms with E-state index in [9.17, 15) is 24.3 Å². The Morgan fingerprint density at radius 3 is 2.44 bits per heavy atom. The summed E-state index contributed by atoms with van der Waals surface area (Å²) in [6, 6.07) is 4.47. The predicted molar refractivity (Wildman–Crippen MR) is 123 cm³/mol. The van der Waals surface area contributed by atoms with Gasteiger partial charge in [0.15, 0.2) is 0 Å². The Morgan fingerprint density at radius 1 is 1.09 bits per heavy atom. The lowest BCUT2D eigenvalue weighted by Crippen LogP contribution is -2.56. The maximum atomic E-state index is 13.0. The summed E-state index contributed by atoms with van der Waals surface area (Å²) in [5, 5.41) is 17.9. The number of amides is 3. The number of fused-ring (bicyclic) bond motifs is 1. The van der Waals surface area contributed by atoms with E-state index in [1.165, 1.54) is 18.7 Å². The van der Waals surface area contributed by atoms with Crippen molar-refractivity contribution < 1.29 is 24.3 Å². The lowest BCUT2D eigenvalue weighted by molar-refractivity contribution is -0.142. The number of thioether (sulfide) groups is 1. The third-order valence-electron chi connectivity index (χ3n) is 4.91. The zero-order valence-corrected chi connectivity index (χ0v) is 18.8. The van der Waals surface area contributed by atoms with Gasteiger partial charge in [-0.25, -0.2) is 4.79 Å². The number of carboxylic acid groups (broad SMARTS) is 1. The number of nitrogens with two attached hydrogens (primary N) is 1. The zero-order chi connectivity index (χ0) is 23.7. The van der Waals surface area contributed by atoms with Gasteiger partial charge in [0, 0.05) is 23.5 Å². The van der Waals surface area contributed by atoms with Gasteiger partial charge in [-0.1, -0.05) is 18.2 Å². The first kappa shape index (κ1) is 25.2. The molecule has 11 heteroatoms. The van der Waals surface area contributed by atoms with Gasteiger partial charge in [-0.3, -0.25) is 14.4 Å². The molecular weight excluding hydrogens is 434 g/mol. The van der Waals surface area contributed by atoms with E-state index in [0.29, 0.717) is 5.75 Å². The van der Waals surface area contributed by atoms with Crippen molar-refractivity contribution in [2.75, 3.05) is 18.6 Å². The largest absolute Gasteiger partial charge is 0.480 e. The molecule has 0 aliphatic heterocycles. The lowest BCUT2D eigenvalue weighted by atomic mass is 10.0. The number of H-pyrrole nitrogens is 1. The van der Waals surface area contributed by atoms with E-state index in [2.05, 4.69) is 20.9 Å².